The largest absolute Gasteiger partial charge is 0.506 e. The van der Waals surface area contributed by atoms with E-state index in [4.69, 9.17) is 23.2 Å². The fourth-order valence-corrected chi connectivity index (χ4v) is 2.53. The molecule has 1 aliphatic heterocycles. The van der Waals surface area contributed by atoms with Crippen LogP contribution in [0.3, 0.4) is 0 Å². The molecule has 22 heavy (non-hydrogen) atoms. The number of allylic oxidation sites excluding steroid dienone is 1. The van der Waals surface area contributed by atoms with Crippen molar-refractivity contribution in [3.05, 3.63) is 39.4 Å². The highest BCUT2D eigenvalue weighted by Gasteiger charge is 2.39. The number of hydrogen-bond donors (Lipinski definition) is 1. The minimum atomic E-state index is -4.61. The number of ketones is 1. The second-order valence-corrected chi connectivity index (χ2v) is 5.65. The SMILES string of the molecule is CC1CN=C(c2cc(O)c(Cl)cc2Cl)C(=O)C=C1C(F)(F)F. The fraction of sp³-hybridized carbons (Fsp3) is 0.286. The molecule has 0 bridgehead atoms. The summed E-state index contributed by atoms with van der Waals surface area (Å²) < 4.78 is 38.7. The lowest BCUT2D eigenvalue weighted by molar-refractivity contribution is -0.111. The molecular weight excluding hydrogens is 342 g/mol. The smallest absolute Gasteiger partial charge is 0.413 e. The van der Waals surface area contributed by atoms with Crippen LogP contribution < -0.4 is 0 Å². The summed E-state index contributed by atoms with van der Waals surface area (Å²) in [7, 11) is 0. The van der Waals surface area contributed by atoms with Gasteiger partial charge >= 0.3 is 6.18 Å². The lowest BCUT2D eigenvalue weighted by Gasteiger charge is -2.15. The quantitative estimate of drug-likeness (QED) is 0.824. The number of halogens is 5. The molecule has 8 heteroatoms. The summed E-state index contributed by atoms with van der Waals surface area (Å²) >= 11 is 11.6. The second kappa shape index (κ2) is 5.93. The summed E-state index contributed by atoms with van der Waals surface area (Å²) in [5.41, 5.74) is -1.13. The molecule has 2 rings (SSSR count). The summed E-state index contributed by atoms with van der Waals surface area (Å²) in [6.45, 7) is 1.12. The van der Waals surface area contributed by atoms with Crippen LogP contribution in [-0.4, -0.2) is 29.3 Å². The van der Waals surface area contributed by atoms with Gasteiger partial charge in [-0.05, 0) is 18.2 Å². The zero-order valence-electron chi connectivity index (χ0n) is 11.2. The molecule has 0 fully saturated rings. The molecular formula is C14H10Cl2F3NO2. The van der Waals surface area contributed by atoms with Crippen molar-refractivity contribution in [2.45, 2.75) is 13.1 Å². The Labute approximate surface area is 134 Å². The van der Waals surface area contributed by atoms with E-state index in [2.05, 4.69) is 4.99 Å². The van der Waals surface area contributed by atoms with Crippen molar-refractivity contribution in [2.75, 3.05) is 6.54 Å². The Bertz CT molecular complexity index is 696. The molecule has 0 aromatic heterocycles. The minimum absolute atomic E-state index is 0.0198. The third kappa shape index (κ3) is 3.28. The molecule has 1 aromatic rings. The number of benzene rings is 1. The van der Waals surface area contributed by atoms with Crippen LogP contribution in [0, 0.1) is 5.92 Å². The standard InChI is InChI=1S/C14H10Cl2F3NO2/c1-6-5-20-13(12(22)3-8(6)14(17,18)19)7-2-11(21)10(16)4-9(7)15/h2-4,6,21H,5H2,1H3. The van der Waals surface area contributed by atoms with Gasteiger partial charge in [0.05, 0.1) is 10.0 Å². The number of rotatable bonds is 1. The Morgan fingerprint density at radius 3 is 2.50 bits per heavy atom. The van der Waals surface area contributed by atoms with E-state index in [1.807, 2.05) is 0 Å². The van der Waals surface area contributed by atoms with Gasteiger partial charge in [0.15, 0.2) is 0 Å². The third-order valence-electron chi connectivity index (χ3n) is 3.19. The van der Waals surface area contributed by atoms with Gasteiger partial charge in [-0.15, -0.1) is 0 Å². The Morgan fingerprint density at radius 2 is 1.91 bits per heavy atom. The number of carbonyl (C=O) groups excluding carboxylic acids is 1. The predicted octanol–water partition coefficient (Wildman–Crippen LogP) is 4.20. The van der Waals surface area contributed by atoms with Crippen molar-refractivity contribution in [3.8, 4) is 5.75 Å². The molecule has 0 saturated heterocycles. The van der Waals surface area contributed by atoms with E-state index in [1.54, 1.807) is 0 Å². The molecule has 0 radical (unpaired) electrons. The highest BCUT2D eigenvalue weighted by Crippen LogP contribution is 2.35. The summed E-state index contributed by atoms with van der Waals surface area (Å²) in [6, 6.07) is 2.31. The van der Waals surface area contributed by atoms with E-state index in [1.165, 1.54) is 13.0 Å². The molecule has 1 unspecified atom stereocenters. The van der Waals surface area contributed by atoms with E-state index < -0.39 is 23.5 Å². The molecule has 0 spiro atoms. The van der Waals surface area contributed by atoms with E-state index in [-0.39, 0.29) is 33.6 Å². The highest BCUT2D eigenvalue weighted by molar-refractivity contribution is 6.53. The average Bonchev–Trinajstić information content (AvgIpc) is 2.54. The van der Waals surface area contributed by atoms with Gasteiger partial charge in [-0.2, -0.15) is 13.2 Å². The highest BCUT2D eigenvalue weighted by atomic mass is 35.5. The third-order valence-corrected chi connectivity index (χ3v) is 3.81. The molecule has 3 nitrogen and oxygen atoms in total. The van der Waals surface area contributed by atoms with Crippen molar-refractivity contribution in [1.29, 1.82) is 0 Å². The summed E-state index contributed by atoms with van der Waals surface area (Å²) in [5.74, 6) is -2.21. The van der Waals surface area contributed by atoms with Gasteiger partial charge in [-0.1, -0.05) is 30.1 Å². The van der Waals surface area contributed by atoms with Crippen LogP contribution in [0.25, 0.3) is 0 Å². The zero-order chi connectivity index (χ0) is 16.7. The normalized spacial score (nSPS) is 19.5. The minimum Gasteiger partial charge on any atom is -0.506 e. The molecule has 1 N–H and O–H groups in total. The van der Waals surface area contributed by atoms with Gasteiger partial charge in [-0.3, -0.25) is 9.79 Å². The van der Waals surface area contributed by atoms with Gasteiger partial charge in [0.2, 0.25) is 5.78 Å². The van der Waals surface area contributed by atoms with Crippen LogP contribution in [-0.2, 0) is 4.79 Å². The van der Waals surface area contributed by atoms with Crippen LogP contribution in [0.5, 0.6) is 5.75 Å². The van der Waals surface area contributed by atoms with Gasteiger partial charge < -0.3 is 5.11 Å². The van der Waals surface area contributed by atoms with Crippen molar-refractivity contribution < 1.29 is 23.1 Å². The molecule has 1 atom stereocenters. The second-order valence-electron chi connectivity index (χ2n) is 4.84. The maximum Gasteiger partial charge on any atom is 0.413 e. The monoisotopic (exact) mass is 351 g/mol. The van der Waals surface area contributed by atoms with Crippen LogP contribution in [0.4, 0.5) is 13.2 Å². The first-order valence-electron chi connectivity index (χ1n) is 6.17. The molecule has 1 heterocycles. The maximum absolute atomic E-state index is 12.9. The molecule has 0 amide bonds. The molecule has 0 aliphatic carbocycles. The van der Waals surface area contributed by atoms with E-state index in [9.17, 15) is 23.1 Å². The number of aliphatic imine (C=N–C) groups is 1. The van der Waals surface area contributed by atoms with Crippen molar-refractivity contribution in [2.24, 2.45) is 10.9 Å². The van der Waals surface area contributed by atoms with Gasteiger partial charge in [0.25, 0.3) is 0 Å². The fourth-order valence-electron chi connectivity index (χ4n) is 2.05. The number of nitrogens with zero attached hydrogens (tertiary/aromatic N) is 1. The first-order valence-corrected chi connectivity index (χ1v) is 6.92. The van der Waals surface area contributed by atoms with Crippen molar-refractivity contribution in [3.63, 3.8) is 0 Å². The Hall–Kier alpha value is -1.53. The van der Waals surface area contributed by atoms with Crippen molar-refractivity contribution >= 4 is 34.7 Å². The van der Waals surface area contributed by atoms with Crippen molar-refractivity contribution in [1.82, 2.24) is 0 Å². The Kier molecular flexibility index (Phi) is 4.54. The number of carbonyl (C=O) groups is 1. The van der Waals surface area contributed by atoms with E-state index >= 15 is 0 Å². The Morgan fingerprint density at radius 1 is 1.27 bits per heavy atom. The zero-order valence-corrected chi connectivity index (χ0v) is 12.7. The van der Waals surface area contributed by atoms with Gasteiger partial charge in [0, 0.05) is 23.6 Å². The molecule has 1 aliphatic rings. The number of hydrogen-bond acceptors (Lipinski definition) is 3. The first kappa shape index (κ1) is 16.8. The Balaban J connectivity index is 2.52. The van der Waals surface area contributed by atoms with E-state index in [0.717, 1.165) is 6.07 Å². The summed E-state index contributed by atoms with van der Waals surface area (Å²) in [6.07, 6.45) is -4.08. The topological polar surface area (TPSA) is 49.7 Å². The lowest BCUT2D eigenvalue weighted by Crippen LogP contribution is -2.20. The number of phenolic OH excluding ortho intramolecular Hbond substituents is 1. The molecule has 0 saturated carbocycles. The van der Waals surface area contributed by atoms with Crippen LogP contribution >= 0.6 is 23.2 Å². The predicted molar refractivity (Wildman–Crippen MR) is 77.8 cm³/mol. The number of alkyl halides is 3. The van der Waals surface area contributed by atoms with E-state index in [0.29, 0.717) is 6.08 Å². The number of phenols is 1. The molecule has 118 valence electrons. The lowest BCUT2D eigenvalue weighted by atomic mass is 9.99. The van der Waals surface area contributed by atoms with Crippen LogP contribution in [0.1, 0.15) is 12.5 Å². The van der Waals surface area contributed by atoms with Crippen LogP contribution in [0.15, 0.2) is 28.8 Å². The summed E-state index contributed by atoms with van der Waals surface area (Å²) in [4.78, 5) is 16.0. The van der Waals surface area contributed by atoms with Gasteiger partial charge in [0.1, 0.15) is 11.5 Å². The van der Waals surface area contributed by atoms with Crippen LogP contribution in [0.2, 0.25) is 10.0 Å². The average molecular weight is 352 g/mol. The maximum atomic E-state index is 12.9. The first-order chi connectivity index (χ1) is 10.1. The molecule has 1 aromatic carbocycles. The number of aromatic hydroxyl groups is 1. The summed E-state index contributed by atoms with van der Waals surface area (Å²) in [5, 5.41) is 9.58. The van der Waals surface area contributed by atoms with Gasteiger partial charge in [-0.25, -0.2) is 0 Å².